The topological polar surface area (TPSA) is 69.7 Å². The number of fused-ring (bicyclic) bond motifs is 3. The minimum Gasteiger partial charge on any atom is -0.493 e. The van der Waals surface area contributed by atoms with Crippen molar-refractivity contribution in [3.8, 4) is 16.9 Å². The summed E-state index contributed by atoms with van der Waals surface area (Å²) in [4.78, 5) is 37.7. The summed E-state index contributed by atoms with van der Waals surface area (Å²) in [5.74, 6) is 0.312. The number of thioether (sulfide) groups is 2. The highest BCUT2D eigenvalue weighted by Crippen LogP contribution is 2.47. The molecular weight excluding hydrogens is 492 g/mol. The largest absolute Gasteiger partial charge is 0.493 e. The second-order valence-electron chi connectivity index (χ2n) is 8.01. The maximum absolute atomic E-state index is 12.9. The Bertz CT molecular complexity index is 1340. The summed E-state index contributed by atoms with van der Waals surface area (Å²) in [5, 5.41) is -0.149. The molecule has 36 heavy (non-hydrogen) atoms. The monoisotopic (exact) mass is 516 g/mol. The van der Waals surface area contributed by atoms with E-state index in [0.717, 1.165) is 27.2 Å². The van der Waals surface area contributed by atoms with Crippen LogP contribution in [0.25, 0.3) is 11.1 Å². The molecule has 3 aromatic rings. The van der Waals surface area contributed by atoms with E-state index in [-0.39, 0.29) is 29.2 Å². The zero-order valence-electron chi connectivity index (χ0n) is 19.7. The van der Waals surface area contributed by atoms with Gasteiger partial charge in [-0.15, -0.1) is 0 Å². The summed E-state index contributed by atoms with van der Waals surface area (Å²) in [6.45, 7) is 9.19. The molecule has 0 saturated carbocycles. The number of carbonyl (C=O) groups is 3. The fraction of sp³-hybridized carbons (Fsp3) is 0.138. The van der Waals surface area contributed by atoms with Crippen molar-refractivity contribution in [1.82, 2.24) is 0 Å². The van der Waals surface area contributed by atoms with Gasteiger partial charge in [-0.3, -0.25) is 14.4 Å². The van der Waals surface area contributed by atoms with Gasteiger partial charge in [-0.05, 0) is 100 Å². The smallest absolute Gasteiger partial charge is 0.314 e. The Labute approximate surface area is 218 Å². The maximum Gasteiger partial charge on any atom is 0.314 e. The van der Waals surface area contributed by atoms with Gasteiger partial charge in [0.25, 0.3) is 0 Å². The summed E-state index contributed by atoms with van der Waals surface area (Å²) in [5.41, 5.74) is 5.21. The number of esters is 1. The predicted molar refractivity (Wildman–Crippen MR) is 143 cm³/mol. The van der Waals surface area contributed by atoms with Crippen LogP contribution in [0.3, 0.4) is 0 Å². The highest BCUT2D eigenvalue weighted by atomic mass is 32.2. The van der Waals surface area contributed by atoms with E-state index in [2.05, 4.69) is 49.1 Å². The summed E-state index contributed by atoms with van der Waals surface area (Å²) in [6, 6.07) is 19.0. The summed E-state index contributed by atoms with van der Waals surface area (Å²) in [6.07, 6.45) is 2.52. The maximum atomic E-state index is 12.9. The molecule has 0 heterocycles. The van der Waals surface area contributed by atoms with Crippen molar-refractivity contribution in [2.75, 3.05) is 6.61 Å². The third-order valence-electron chi connectivity index (χ3n) is 5.74. The van der Waals surface area contributed by atoms with E-state index in [0.29, 0.717) is 11.3 Å². The first-order valence-corrected chi connectivity index (χ1v) is 12.9. The van der Waals surface area contributed by atoms with Crippen molar-refractivity contribution in [3.05, 3.63) is 103 Å². The van der Waals surface area contributed by atoms with Gasteiger partial charge in [0.2, 0.25) is 10.2 Å². The van der Waals surface area contributed by atoms with Gasteiger partial charge >= 0.3 is 5.97 Å². The lowest BCUT2D eigenvalue weighted by atomic mass is 10.00. The molecule has 0 aromatic heterocycles. The van der Waals surface area contributed by atoms with Crippen molar-refractivity contribution < 1.29 is 23.9 Å². The first-order chi connectivity index (χ1) is 17.4. The quantitative estimate of drug-likeness (QED) is 0.131. The molecule has 0 saturated heterocycles. The van der Waals surface area contributed by atoms with Crippen LogP contribution in [0.15, 0.2) is 96.0 Å². The molecular formula is C29H24O5S2. The van der Waals surface area contributed by atoms with Crippen LogP contribution in [0.2, 0.25) is 0 Å². The van der Waals surface area contributed by atoms with Gasteiger partial charge in [0.1, 0.15) is 5.75 Å². The molecule has 7 heteroatoms. The van der Waals surface area contributed by atoms with Crippen LogP contribution >= 0.6 is 23.5 Å². The van der Waals surface area contributed by atoms with Crippen LogP contribution in [0.1, 0.15) is 40.7 Å². The van der Waals surface area contributed by atoms with Gasteiger partial charge in [-0.25, -0.2) is 0 Å². The third-order valence-corrected chi connectivity index (χ3v) is 7.51. The lowest BCUT2D eigenvalue weighted by Crippen LogP contribution is -2.07. The minimum atomic E-state index is -0.415. The number of hydrogen-bond acceptors (Lipinski definition) is 7. The predicted octanol–water partition coefficient (Wildman–Crippen LogP) is 7.01. The molecule has 0 spiro atoms. The van der Waals surface area contributed by atoms with Crippen LogP contribution < -0.4 is 4.74 Å². The van der Waals surface area contributed by atoms with E-state index in [9.17, 15) is 14.4 Å². The van der Waals surface area contributed by atoms with Gasteiger partial charge in [-0.2, -0.15) is 0 Å². The molecule has 0 aliphatic heterocycles. The molecule has 0 N–H and O–H groups in total. The van der Waals surface area contributed by atoms with Gasteiger partial charge in [0, 0.05) is 21.3 Å². The van der Waals surface area contributed by atoms with Crippen molar-refractivity contribution >= 4 is 39.7 Å². The van der Waals surface area contributed by atoms with E-state index >= 15 is 0 Å². The molecule has 1 unspecified atom stereocenters. The Hall–Kier alpha value is -3.55. The Morgan fingerprint density at radius 3 is 2.08 bits per heavy atom. The second-order valence-corrected chi connectivity index (χ2v) is 10.1. The molecule has 182 valence electrons. The van der Waals surface area contributed by atoms with Crippen LogP contribution in [0, 0.1) is 0 Å². The van der Waals surface area contributed by atoms with Crippen LogP contribution in [-0.2, 0) is 14.3 Å². The Balaban J connectivity index is 1.41. The number of carbonyl (C=O) groups excluding carboxylic acids is 3. The Morgan fingerprint density at radius 1 is 0.889 bits per heavy atom. The van der Waals surface area contributed by atoms with Crippen LogP contribution in [0.4, 0.5) is 0 Å². The van der Waals surface area contributed by atoms with Gasteiger partial charge < -0.3 is 9.47 Å². The van der Waals surface area contributed by atoms with Gasteiger partial charge in [0.05, 0.1) is 19.3 Å². The number of rotatable bonds is 9. The van der Waals surface area contributed by atoms with Crippen molar-refractivity contribution in [1.29, 1.82) is 0 Å². The standard InChI is InChI=1S/C29H24O5S2/c1-4-28(31)35-21-10-12-23-24-13-11-22(17-26(24)18(3)25(23)16-21)36-29(32)19-6-8-20(9-7-19)34-15-14-27(30)33-5-2/h4-13,16-18H,1-2,14-15H2,3H3. The second kappa shape index (κ2) is 11.5. The number of benzene rings is 3. The minimum absolute atomic E-state index is 0.0687. The molecule has 0 amide bonds. The van der Waals surface area contributed by atoms with Crippen LogP contribution in [0.5, 0.6) is 5.75 Å². The Morgan fingerprint density at radius 2 is 1.50 bits per heavy atom. The average Bonchev–Trinajstić information content (AvgIpc) is 3.15. The van der Waals surface area contributed by atoms with Crippen LogP contribution in [-0.4, -0.2) is 22.8 Å². The van der Waals surface area contributed by atoms with Crippen molar-refractivity contribution in [3.63, 3.8) is 0 Å². The van der Waals surface area contributed by atoms with Crippen molar-refractivity contribution in [2.24, 2.45) is 0 Å². The third kappa shape index (κ3) is 5.80. The molecule has 1 aliphatic rings. The van der Waals surface area contributed by atoms with E-state index in [4.69, 9.17) is 4.74 Å². The average molecular weight is 517 g/mol. The van der Waals surface area contributed by atoms with Crippen molar-refractivity contribution in [2.45, 2.75) is 29.1 Å². The van der Waals surface area contributed by atoms with E-state index in [1.54, 1.807) is 24.3 Å². The summed E-state index contributed by atoms with van der Waals surface area (Å²) in [7, 11) is 0. The number of ether oxygens (including phenoxy) is 2. The molecule has 5 nitrogen and oxygen atoms in total. The molecule has 4 rings (SSSR count). The zero-order chi connectivity index (χ0) is 25.7. The number of hydrogen-bond donors (Lipinski definition) is 0. The molecule has 3 aromatic carbocycles. The fourth-order valence-corrected chi connectivity index (χ4v) is 5.43. The molecule has 0 radical (unpaired) electrons. The fourth-order valence-electron chi connectivity index (χ4n) is 4.00. The van der Waals surface area contributed by atoms with E-state index in [1.807, 2.05) is 12.1 Å². The highest BCUT2D eigenvalue weighted by molar-refractivity contribution is 8.14. The first kappa shape index (κ1) is 25.5. The highest BCUT2D eigenvalue weighted by Gasteiger charge is 2.26. The molecule has 0 bridgehead atoms. The van der Waals surface area contributed by atoms with E-state index < -0.39 is 5.97 Å². The summed E-state index contributed by atoms with van der Waals surface area (Å²) < 4.78 is 10.2. The summed E-state index contributed by atoms with van der Waals surface area (Å²) >= 11 is 2.35. The lowest BCUT2D eigenvalue weighted by Gasteiger charge is -2.09. The Kier molecular flexibility index (Phi) is 8.13. The first-order valence-electron chi connectivity index (χ1n) is 11.3. The molecule has 1 aliphatic carbocycles. The normalized spacial score (nSPS) is 13.3. The molecule has 1 atom stereocenters. The molecule has 0 fully saturated rings. The zero-order valence-corrected chi connectivity index (χ0v) is 21.3. The van der Waals surface area contributed by atoms with Gasteiger partial charge in [0.15, 0.2) is 0 Å². The SMILES string of the molecule is C=COC(=O)CCOc1ccc(C(=O)Sc2ccc3c(c2)C(C)c2cc(SC(=O)C=C)ccc2-3)cc1. The van der Waals surface area contributed by atoms with Gasteiger partial charge in [-0.1, -0.05) is 32.2 Å². The lowest BCUT2D eigenvalue weighted by molar-refractivity contribution is -0.138. The van der Waals surface area contributed by atoms with E-state index in [1.165, 1.54) is 40.7 Å².